The molecule has 3 aromatic carbocycles. The minimum absolute atomic E-state index is 0.0138. The predicted molar refractivity (Wildman–Crippen MR) is 181 cm³/mol. The number of aliphatic hydroxyl groups is 1. The Kier molecular flexibility index (Phi) is 8.88. The highest BCUT2D eigenvalue weighted by atomic mass is 19.1. The molecule has 6 aromatic rings. The second kappa shape index (κ2) is 13.2. The van der Waals surface area contributed by atoms with Gasteiger partial charge in [-0.1, -0.05) is 29.8 Å². The average molecular weight is 635 g/mol. The van der Waals surface area contributed by atoms with Gasteiger partial charge in [-0.3, -0.25) is 9.78 Å². The van der Waals surface area contributed by atoms with Crippen LogP contribution in [0.15, 0.2) is 96.2 Å². The normalized spacial score (nSPS) is 11.6. The van der Waals surface area contributed by atoms with Crippen LogP contribution in [0.5, 0.6) is 17.2 Å². The Hall–Kier alpha value is -5.32. The third-order valence-corrected chi connectivity index (χ3v) is 7.57. The minimum Gasteiger partial charge on any atom is -0.491 e. The van der Waals surface area contributed by atoms with Crippen molar-refractivity contribution in [3.63, 3.8) is 0 Å². The number of hydrogen-bond donors (Lipinski definition) is 2. The molecule has 0 aliphatic heterocycles. The molecule has 3 aromatic heterocycles. The Morgan fingerprint density at radius 1 is 0.957 bits per heavy atom. The van der Waals surface area contributed by atoms with Gasteiger partial charge in [0.2, 0.25) is 5.43 Å². The molecule has 3 heterocycles. The molecule has 0 aliphatic rings. The fourth-order valence-electron chi connectivity index (χ4n) is 5.20. The Balaban J connectivity index is 1.30. The molecule has 0 atom stereocenters. The molecule has 240 valence electrons. The van der Waals surface area contributed by atoms with E-state index in [1.54, 1.807) is 69.7 Å². The second-order valence-electron chi connectivity index (χ2n) is 11.9. The van der Waals surface area contributed by atoms with Gasteiger partial charge in [0, 0.05) is 61.0 Å². The van der Waals surface area contributed by atoms with Crippen molar-refractivity contribution in [1.29, 1.82) is 0 Å². The fourth-order valence-corrected chi connectivity index (χ4v) is 5.20. The zero-order valence-electron chi connectivity index (χ0n) is 26.6. The van der Waals surface area contributed by atoms with E-state index >= 15 is 4.39 Å². The van der Waals surface area contributed by atoms with Crippen molar-refractivity contribution in [3.05, 3.63) is 113 Å². The summed E-state index contributed by atoms with van der Waals surface area (Å²) in [5.41, 5.74) is 2.91. The molecule has 47 heavy (non-hydrogen) atoms. The maximum atomic E-state index is 15.5. The zero-order chi connectivity index (χ0) is 33.1. The largest absolute Gasteiger partial charge is 0.491 e. The van der Waals surface area contributed by atoms with E-state index in [0.29, 0.717) is 63.5 Å². The number of ether oxygens (including phenoxy) is 3. The number of halogens is 1. The van der Waals surface area contributed by atoms with E-state index in [-0.39, 0.29) is 17.8 Å². The highest BCUT2D eigenvalue weighted by molar-refractivity contribution is 5.94. The van der Waals surface area contributed by atoms with E-state index in [4.69, 9.17) is 14.2 Å². The SMILES string of the molecule is COCCn1cc(-c2ccc(C)cc2)c(=O)c2c(Nc3ccc(Oc4ccnc5cc(OCC(C)(C)O)ccc45)c(F)c3)nccc21. The van der Waals surface area contributed by atoms with Gasteiger partial charge >= 0.3 is 0 Å². The van der Waals surface area contributed by atoms with E-state index in [9.17, 15) is 9.90 Å². The molecule has 0 aliphatic carbocycles. The van der Waals surface area contributed by atoms with Gasteiger partial charge in [-0.15, -0.1) is 0 Å². The van der Waals surface area contributed by atoms with Gasteiger partial charge < -0.3 is 29.2 Å². The number of benzene rings is 3. The summed E-state index contributed by atoms with van der Waals surface area (Å²) in [7, 11) is 1.63. The van der Waals surface area contributed by atoms with E-state index in [1.165, 1.54) is 12.1 Å². The molecule has 6 rings (SSSR count). The van der Waals surface area contributed by atoms with E-state index in [2.05, 4.69) is 15.3 Å². The summed E-state index contributed by atoms with van der Waals surface area (Å²) in [6.07, 6.45) is 5.03. The van der Waals surface area contributed by atoms with Gasteiger partial charge in [0.25, 0.3) is 0 Å². The Bertz CT molecular complexity index is 2120. The number of hydrogen-bond acceptors (Lipinski definition) is 8. The summed E-state index contributed by atoms with van der Waals surface area (Å²) >= 11 is 0. The summed E-state index contributed by atoms with van der Waals surface area (Å²) in [6, 6.07) is 21.0. The lowest BCUT2D eigenvalue weighted by molar-refractivity contribution is 0.0285. The second-order valence-corrected chi connectivity index (χ2v) is 11.9. The number of aromatic nitrogens is 3. The van der Waals surface area contributed by atoms with E-state index in [1.807, 2.05) is 42.0 Å². The van der Waals surface area contributed by atoms with Crippen LogP contribution >= 0.6 is 0 Å². The molecule has 0 bridgehead atoms. The molecule has 0 unspecified atom stereocenters. The van der Waals surface area contributed by atoms with Crippen LogP contribution in [0.4, 0.5) is 15.9 Å². The first-order chi connectivity index (χ1) is 22.6. The number of nitrogens with one attached hydrogen (secondary N) is 1. The summed E-state index contributed by atoms with van der Waals surface area (Å²) in [5.74, 6) is 0.676. The molecule has 0 saturated heterocycles. The van der Waals surface area contributed by atoms with Gasteiger partial charge in [-0.2, -0.15) is 0 Å². The molecule has 9 nitrogen and oxygen atoms in total. The van der Waals surface area contributed by atoms with Crippen LogP contribution in [-0.4, -0.2) is 45.6 Å². The quantitative estimate of drug-likeness (QED) is 0.152. The van der Waals surface area contributed by atoms with Gasteiger partial charge in [0.1, 0.15) is 23.9 Å². The monoisotopic (exact) mass is 634 g/mol. The lowest BCUT2D eigenvalue weighted by Gasteiger charge is -2.18. The molecule has 2 N–H and O–H groups in total. The third kappa shape index (κ3) is 7.09. The first kappa shape index (κ1) is 31.7. The highest BCUT2D eigenvalue weighted by Gasteiger charge is 2.17. The van der Waals surface area contributed by atoms with Crippen LogP contribution in [-0.2, 0) is 11.3 Å². The van der Waals surface area contributed by atoms with Gasteiger partial charge in [0.05, 0.1) is 28.6 Å². The highest BCUT2D eigenvalue weighted by Crippen LogP contribution is 2.34. The maximum Gasteiger partial charge on any atom is 0.200 e. The smallest absolute Gasteiger partial charge is 0.200 e. The number of anilines is 2. The fraction of sp³-hybridized carbons (Fsp3) is 0.216. The molecule has 0 radical (unpaired) electrons. The van der Waals surface area contributed by atoms with Crippen LogP contribution in [0.25, 0.3) is 32.9 Å². The van der Waals surface area contributed by atoms with Crippen molar-refractivity contribution >= 4 is 33.3 Å². The number of nitrogens with zero attached hydrogens (tertiary/aromatic N) is 3. The van der Waals surface area contributed by atoms with Crippen molar-refractivity contribution in [2.24, 2.45) is 0 Å². The van der Waals surface area contributed by atoms with Crippen LogP contribution < -0.4 is 20.2 Å². The Morgan fingerprint density at radius 3 is 2.49 bits per heavy atom. The molecular formula is C37H35FN4O5. The summed E-state index contributed by atoms with van der Waals surface area (Å²) in [4.78, 5) is 22.8. The summed E-state index contributed by atoms with van der Waals surface area (Å²) in [6.45, 7) is 6.41. The number of aryl methyl sites for hydroxylation is 1. The van der Waals surface area contributed by atoms with E-state index < -0.39 is 11.4 Å². The first-order valence-corrected chi connectivity index (χ1v) is 15.2. The number of methoxy groups -OCH3 is 1. The van der Waals surface area contributed by atoms with Gasteiger partial charge in [0.15, 0.2) is 11.6 Å². The van der Waals surface area contributed by atoms with Crippen molar-refractivity contribution < 1.29 is 23.7 Å². The van der Waals surface area contributed by atoms with E-state index in [0.717, 1.165) is 11.1 Å². The Morgan fingerprint density at radius 2 is 1.74 bits per heavy atom. The van der Waals surface area contributed by atoms with Crippen molar-refractivity contribution in [2.45, 2.75) is 32.9 Å². The average Bonchev–Trinajstić information content (AvgIpc) is 3.05. The molecule has 0 saturated carbocycles. The molecule has 0 fully saturated rings. The number of fused-ring (bicyclic) bond motifs is 2. The van der Waals surface area contributed by atoms with Crippen molar-refractivity contribution in [3.8, 4) is 28.4 Å². The van der Waals surface area contributed by atoms with Crippen LogP contribution in [0.2, 0.25) is 0 Å². The van der Waals surface area contributed by atoms with Crippen molar-refractivity contribution in [1.82, 2.24) is 14.5 Å². The van der Waals surface area contributed by atoms with Crippen LogP contribution in [0.3, 0.4) is 0 Å². The first-order valence-electron chi connectivity index (χ1n) is 15.2. The lowest BCUT2D eigenvalue weighted by atomic mass is 10.0. The standard InChI is InChI=1S/C37H35FN4O5/c1-23-5-7-24(8-6-23)28-21-42(17-18-45-4)31-13-15-40-36(34(31)35(28)43)41-25-9-12-33(29(38)19-25)47-32-14-16-39-30-20-26(10-11-27(30)32)46-22-37(2,3)44/h5-16,19-21,44H,17-18,22H2,1-4H3,(H,40,41). The van der Waals surface area contributed by atoms with Gasteiger partial charge in [-0.05, 0) is 62.7 Å². The molecule has 10 heteroatoms. The summed E-state index contributed by atoms with van der Waals surface area (Å²) < 4.78 is 34.5. The van der Waals surface area contributed by atoms with Gasteiger partial charge in [-0.25, -0.2) is 9.37 Å². The molecule has 0 spiro atoms. The molecule has 0 amide bonds. The Labute approximate surface area is 271 Å². The third-order valence-electron chi connectivity index (χ3n) is 7.57. The summed E-state index contributed by atoms with van der Waals surface area (Å²) in [5, 5.41) is 14.2. The van der Waals surface area contributed by atoms with Crippen molar-refractivity contribution in [2.75, 3.05) is 25.6 Å². The maximum absolute atomic E-state index is 15.5. The van der Waals surface area contributed by atoms with Crippen LogP contribution in [0.1, 0.15) is 19.4 Å². The topological polar surface area (TPSA) is 108 Å². The predicted octanol–water partition coefficient (Wildman–Crippen LogP) is 7.39. The zero-order valence-corrected chi connectivity index (χ0v) is 26.6. The van der Waals surface area contributed by atoms with Crippen LogP contribution in [0, 0.1) is 12.7 Å². The lowest BCUT2D eigenvalue weighted by Crippen LogP contribution is -2.27. The molecular weight excluding hydrogens is 599 g/mol. The number of pyridine rings is 3. The minimum atomic E-state index is -0.983. The number of rotatable bonds is 11.